The fourth-order valence-electron chi connectivity index (χ4n) is 2.71. The third-order valence-corrected chi connectivity index (χ3v) is 5.99. The predicted molar refractivity (Wildman–Crippen MR) is 86.3 cm³/mol. The van der Waals surface area contributed by atoms with Gasteiger partial charge < -0.3 is 9.47 Å². The zero-order chi connectivity index (χ0) is 17.7. The number of ether oxygens (including phenoxy) is 2. The fraction of sp³-hybridized carbons (Fsp3) is 0.562. The molecule has 2 rings (SSSR count). The van der Waals surface area contributed by atoms with E-state index in [2.05, 4.69) is 4.72 Å². The van der Waals surface area contributed by atoms with Crippen molar-refractivity contribution in [3.05, 3.63) is 35.6 Å². The third kappa shape index (κ3) is 4.75. The van der Waals surface area contributed by atoms with Crippen LogP contribution in [0.15, 0.2) is 24.3 Å². The Labute approximate surface area is 141 Å². The van der Waals surface area contributed by atoms with Crippen LogP contribution in [0.4, 0.5) is 4.39 Å². The number of carbonyl (C=O) groups is 1. The Bertz CT molecular complexity index is 662. The van der Waals surface area contributed by atoms with Gasteiger partial charge in [-0.3, -0.25) is 4.79 Å². The second kappa shape index (κ2) is 8.04. The van der Waals surface area contributed by atoms with Gasteiger partial charge in [-0.15, -0.1) is 0 Å². The summed E-state index contributed by atoms with van der Waals surface area (Å²) in [6.45, 7) is 3.96. The summed E-state index contributed by atoms with van der Waals surface area (Å²) in [5.74, 6) is -0.959. The number of carbonyl (C=O) groups excluding carboxylic acids is 1. The highest BCUT2D eigenvalue weighted by Gasteiger charge is 2.37. The SMILES string of the molecule is CCOC(=O)CC(NS(=O)(=O)C1CCOC1C)c1ccc(F)cc1. The summed E-state index contributed by atoms with van der Waals surface area (Å²) in [6.07, 6.45) is -0.189. The second-order valence-electron chi connectivity index (χ2n) is 5.68. The number of rotatable bonds is 7. The van der Waals surface area contributed by atoms with Crippen molar-refractivity contribution >= 4 is 16.0 Å². The summed E-state index contributed by atoms with van der Waals surface area (Å²) in [7, 11) is -3.70. The molecule has 134 valence electrons. The van der Waals surface area contributed by atoms with Crippen LogP contribution in [0, 0.1) is 5.82 Å². The van der Waals surface area contributed by atoms with Gasteiger partial charge in [-0.05, 0) is 38.0 Å². The first kappa shape index (κ1) is 18.8. The van der Waals surface area contributed by atoms with Crippen LogP contribution in [0.3, 0.4) is 0 Å². The van der Waals surface area contributed by atoms with Gasteiger partial charge in [0, 0.05) is 6.61 Å². The Morgan fingerprint density at radius 3 is 2.62 bits per heavy atom. The van der Waals surface area contributed by atoms with Crippen molar-refractivity contribution < 1.29 is 27.1 Å². The third-order valence-electron chi connectivity index (χ3n) is 3.96. The van der Waals surface area contributed by atoms with Gasteiger partial charge in [-0.1, -0.05) is 12.1 Å². The predicted octanol–water partition coefficient (Wildman–Crippen LogP) is 1.92. The number of nitrogens with one attached hydrogen (secondary N) is 1. The molecule has 24 heavy (non-hydrogen) atoms. The molecular formula is C16H22FNO5S. The summed E-state index contributed by atoms with van der Waals surface area (Å²) < 4.78 is 51.1. The van der Waals surface area contributed by atoms with Crippen LogP contribution < -0.4 is 4.72 Å². The lowest BCUT2D eigenvalue weighted by atomic mass is 10.1. The maximum atomic E-state index is 13.1. The smallest absolute Gasteiger partial charge is 0.307 e. The molecule has 1 aromatic rings. The van der Waals surface area contributed by atoms with Crippen LogP contribution in [0.1, 0.15) is 38.3 Å². The molecule has 6 nitrogen and oxygen atoms in total. The minimum atomic E-state index is -3.70. The molecule has 1 fully saturated rings. The van der Waals surface area contributed by atoms with E-state index in [1.165, 1.54) is 24.3 Å². The van der Waals surface area contributed by atoms with E-state index >= 15 is 0 Å². The average Bonchev–Trinajstić information content (AvgIpc) is 2.94. The maximum absolute atomic E-state index is 13.1. The van der Waals surface area contributed by atoms with Gasteiger partial charge in [-0.2, -0.15) is 0 Å². The van der Waals surface area contributed by atoms with Gasteiger partial charge in [-0.25, -0.2) is 17.5 Å². The second-order valence-corrected chi connectivity index (χ2v) is 7.61. The number of esters is 1. The lowest BCUT2D eigenvalue weighted by Crippen LogP contribution is -2.40. The molecule has 8 heteroatoms. The molecule has 3 atom stereocenters. The number of sulfonamides is 1. The van der Waals surface area contributed by atoms with E-state index in [1.807, 2.05) is 0 Å². The van der Waals surface area contributed by atoms with Crippen LogP contribution in [0.5, 0.6) is 0 Å². The van der Waals surface area contributed by atoms with Crippen molar-refractivity contribution in [2.75, 3.05) is 13.2 Å². The van der Waals surface area contributed by atoms with E-state index < -0.39 is 39.2 Å². The zero-order valence-electron chi connectivity index (χ0n) is 13.7. The Morgan fingerprint density at radius 2 is 2.08 bits per heavy atom. The lowest BCUT2D eigenvalue weighted by Gasteiger charge is -2.22. The number of halogens is 1. The zero-order valence-corrected chi connectivity index (χ0v) is 14.5. The van der Waals surface area contributed by atoms with Crippen molar-refractivity contribution in [3.63, 3.8) is 0 Å². The molecule has 0 bridgehead atoms. The first-order valence-electron chi connectivity index (χ1n) is 7.87. The van der Waals surface area contributed by atoms with Crippen LogP contribution in [0.25, 0.3) is 0 Å². The van der Waals surface area contributed by atoms with E-state index in [0.29, 0.717) is 18.6 Å². The summed E-state index contributed by atoms with van der Waals surface area (Å²) in [6, 6.07) is 4.54. The van der Waals surface area contributed by atoms with Crippen molar-refractivity contribution in [3.8, 4) is 0 Å². The molecule has 0 aliphatic carbocycles. The number of benzene rings is 1. The molecule has 0 amide bonds. The first-order chi connectivity index (χ1) is 11.3. The highest BCUT2D eigenvalue weighted by molar-refractivity contribution is 7.90. The van der Waals surface area contributed by atoms with Crippen molar-refractivity contribution in [1.82, 2.24) is 4.72 Å². The standard InChI is InChI=1S/C16H22FNO5S/c1-3-22-16(19)10-14(12-4-6-13(17)7-5-12)18-24(20,21)15-8-9-23-11(15)2/h4-7,11,14-15,18H,3,8-10H2,1-2H3. The monoisotopic (exact) mass is 359 g/mol. The number of hydrogen-bond donors (Lipinski definition) is 1. The van der Waals surface area contributed by atoms with E-state index in [9.17, 15) is 17.6 Å². The van der Waals surface area contributed by atoms with Gasteiger partial charge in [0.05, 0.1) is 25.2 Å². The van der Waals surface area contributed by atoms with Gasteiger partial charge in [0.2, 0.25) is 10.0 Å². The van der Waals surface area contributed by atoms with Gasteiger partial charge in [0.25, 0.3) is 0 Å². The number of hydrogen-bond acceptors (Lipinski definition) is 5. The largest absolute Gasteiger partial charge is 0.466 e. The van der Waals surface area contributed by atoms with Crippen molar-refractivity contribution in [2.24, 2.45) is 0 Å². The molecule has 0 saturated carbocycles. The van der Waals surface area contributed by atoms with Crippen LogP contribution in [-0.2, 0) is 24.3 Å². The van der Waals surface area contributed by atoms with E-state index in [-0.39, 0.29) is 13.0 Å². The van der Waals surface area contributed by atoms with Gasteiger partial charge >= 0.3 is 5.97 Å². The van der Waals surface area contributed by atoms with E-state index in [0.717, 1.165) is 0 Å². The molecule has 0 spiro atoms. The molecule has 1 saturated heterocycles. The Hall–Kier alpha value is -1.51. The summed E-state index contributed by atoms with van der Waals surface area (Å²) in [5.41, 5.74) is 0.500. The fourth-order valence-corrected chi connectivity index (χ4v) is 4.49. The van der Waals surface area contributed by atoms with Gasteiger partial charge in [0.15, 0.2) is 0 Å². The molecule has 0 aromatic heterocycles. The molecule has 3 unspecified atom stereocenters. The van der Waals surface area contributed by atoms with Crippen LogP contribution >= 0.6 is 0 Å². The summed E-state index contributed by atoms with van der Waals surface area (Å²) in [4.78, 5) is 11.8. The van der Waals surface area contributed by atoms with E-state index in [1.54, 1.807) is 13.8 Å². The van der Waals surface area contributed by atoms with Gasteiger partial charge in [0.1, 0.15) is 11.1 Å². The normalized spacial score (nSPS) is 22.3. The molecule has 1 aliphatic heterocycles. The first-order valence-corrected chi connectivity index (χ1v) is 9.42. The minimum absolute atomic E-state index is 0.166. The Morgan fingerprint density at radius 1 is 1.42 bits per heavy atom. The Balaban J connectivity index is 2.21. The maximum Gasteiger partial charge on any atom is 0.307 e. The molecule has 1 N–H and O–H groups in total. The van der Waals surface area contributed by atoms with E-state index in [4.69, 9.17) is 9.47 Å². The molecular weight excluding hydrogens is 337 g/mol. The minimum Gasteiger partial charge on any atom is -0.466 e. The highest BCUT2D eigenvalue weighted by atomic mass is 32.2. The summed E-state index contributed by atoms with van der Waals surface area (Å²) >= 11 is 0. The quantitative estimate of drug-likeness (QED) is 0.752. The van der Waals surface area contributed by atoms with Crippen molar-refractivity contribution in [2.45, 2.75) is 44.1 Å². The molecule has 0 radical (unpaired) electrons. The molecule has 1 aromatic carbocycles. The molecule has 1 heterocycles. The average molecular weight is 359 g/mol. The van der Waals surface area contributed by atoms with Crippen molar-refractivity contribution in [1.29, 1.82) is 0 Å². The van der Waals surface area contributed by atoms with Crippen LogP contribution in [0.2, 0.25) is 0 Å². The Kier molecular flexibility index (Phi) is 6.31. The lowest BCUT2D eigenvalue weighted by molar-refractivity contribution is -0.143. The summed E-state index contributed by atoms with van der Waals surface area (Å²) in [5, 5.41) is -0.678. The topological polar surface area (TPSA) is 81.7 Å². The van der Waals surface area contributed by atoms with Crippen LogP contribution in [-0.4, -0.2) is 39.0 Å². The highest BCUT2D eigenvalue weighted by Crippen LogP contribution is 2.25. The molecule has 1 aliphatic rings.